The molecule has 0 radical (unpaired) electrons. The molecule has 2 nitrogen and oxygen atoms in total. The first-order valence-corrected chi connectivity index (χ1v) is 5.84. The molecule has 2 fully saturated rings. The highest BCUT2D eigenvalue weighted by Crippen LogP contribution is 2.37. The minimum atomic E-state index is 0.743. The molecule has 1 aliphatic heterocycles. The summed E-state index contributed by atoms with van der Waals surface area (Å²) in [5.41, 5.74) is 0. The summed E-state index contributed by atoms with van der Waals surface area (Å²) in [6.45, 7) is 7.24. The van der Waals surface area contributed by atoms with Gasteiger partial charge in [-0.3, -0.25) is 0 Å². The van der Waals surface area contributed by atoms with E-state index in [1.165, 1.54) is 32.4 Å². The summed E-state index contributed by atoms with van der Waals surface area (Å²) < 4.78 is 0. The summed E-state index contributed by atoms with van der Waals surface area (Å²) in [6.07, 6.45) is 6.35. The van der Waals surface area contributed by atoms with Crippen molar-refractivity contribution in [3.05, 3.63) is 12.7 Å². The molecule has 1 N–H and O–H groups in total. The van der Waals surface area contributed by atoms with Crippen LogP contribution in [0, 0.1) is 11.8 Å². The van der Waals surface area contributed by atoms with E-state index in [2.05, 4.69) is 23.8 Å². The van der Waals surface area contributed by atoms with Crippen molar-refractivity contribution in [2.75, 3.05) is 26.7 Å². The Morgan fingerprint density at radius 2 is 2.36 bits per heavy atom. The van der Waals surface area contributed by atoms with Crippen LogP contribution in [-0.2, 0) is 0 Å². The van der Waals surface area contributed by atoms with E-state index in [1.54, 1.807) is 0 Å². The molecule has 0 aromatic rings. The fourth-order valence-corrected chi connectivity index (χ4v) is 3.13. The second-order valence-electron chi connectivity index (χ2n) is 4.88. The lowest BCUT2D eigenvalue weighted by molar-refractivity contribution is 0.285. The zero-order chi connectivity index (χ0) is 9.97. The predicted molar refractivity (Wildman–Crippen MR) is 60.3 cm³/mol. The summed E-state index contributed by atoms with van der Waals surface area (Å²) >= 11 is 0. The van der Waals surface area contributed by atoms with Crippen molar-refractivity contribution < 1.29 is 0 Å². The topological polar surface area (TPSA) is 15.3 Å². The Bertz CT molecular complexity index is 202. The first kappa shape index (κ1) is 10.2. The third-order valence-electron chi connectivity index (χ3n) is 3.83. The van der Waals surface area contributed by atoms with Crippen LogP contribution >= 0.6 is 0 Å². The van der Waals surface area contributed by atoms with Crippen molar-refractivity contribution in [1.29, 1.82) is 0 Å². The lowest BCUT2D eigenvalue weighted by Crippen LogP contribution is -2.38. The standard InChI is InChI=1S/C12H22N2/c1-3-7-14(2)9-12-11-6-4-5-10(11)8-13-12/h3,10-13H,1,4-9H2,2H3. The van der Waals surface area contributed by atoms with Crippen LogP contribution < -0.4 is 5.32 Å². The molecule has 14 heavy (non-hydrogen) atoms. The molecule has 1 aliphatic carbocycles. The third-order valence-corrected chi connectivity index (χ3v) is 3.83. The maximum Gasteiger partial charge on any atom is 0.0226 e. The van der Waals surface area contributed by atoms with Crippen molar-refractivity contribution in [1.82, 2.24) is 10.2 Å². The average Bonchev–Trinajstić information content (AvgIpc) is 2.70. The second-order valence-corrected chi connectivity index (χ2v) is 4.88. The van der Waals surface area contributed by atoms with E-state index < -0.39 is 0 Å². The number of nitrogens with one attached hydrogen (secondary N) is 1. The van der Waals surface area contributed by atoms with Crippen molar-refractivity contribution in [2.45, 2.75) is 25.3 Å². The summed E-state index contributed by atoms with van der Waals surface area (Å²) in [4.78, 5) is 2.37. The minimum Gasteiger partial charge on any atom is -0.312 e. The summed E-state index contributed by atoms with van der Waals surface area (Å²) in [5, 5.41) is 3.67. The molecule has 2 rings (SSSR count). The zero-order valence-electron chi connectivity index (χ0n) is 9.21. The molecular weight excluding hydrogens is 172 g/mol. The fraction of sp³-hybridized carbons (Fsp3) is 0.833. The van der Waals surface area contributed by atoms with Gasteiger partial charge < -0.3 is 10.2 Å². The molecule has 2 aliphatic rings. The molecule has 0 amide bonds. The van der Waals surface area contributed by atoms with Gasteiger partial charge in [-0.25, -0.2) is 0 Å². The summed E-state index contributed by atoms with van der Waals surface area (Å²) in [7, 11) is 2.19. The Labute approximate surface area is 87.4 Å². The normalized spacial score (nSPS) is 36.3. The van der Waals surface area contributed by atoms with Crippen LogP contribution in [0.2, 0.25) is 0 Å². The van der Waals surface area contributed by atoms with E-state index in [0.717, 1.165) is 24.4 Å². The Balaban J connectivity index is 1.83. The number of hydrogen-bond donors (Lipinski definition) is 1. The number of hydrogen-bond acceptors (Lipinski definition) is 2. The van der Waals surface area contributed by atoms with Gasteiger partial charge in [-0.1, -0.05) is 12.5 Å². The van der Waals surface area contributed by atoms with Gasteiger partial charge in [-0.2, -0.15) is 0 Å². The van der Waals surface area contributed by atoms with Gasteiger partial charge >= 0.3 is 0 Å². The average molecular weight is 194 g/mol. The molecule has 3 atom stereocenters. The van der Waals surface area contributed by atoms with Crippen LogP contribution in [0.15, 0.2) is 12.7 Å². The Morgan fingerprint density at radius 3 is 3.14 bits per heavy atom. The maximum atomic E-state index is 3.78. The van der Waals surface area contributed by atoms with Gasteiger partial charge in [0.15, 0.2) is 0 Å². The second kappa shape index (κ2) is 4.45. The lowest BCUT2D eigenvalue weighted by atomic mass is 9.94. The zero-order valence-corrected chi connectivity index (χ0v) is 9.21. The summed E-state index contributed by atoms with van der Waals surface area (Å²) in [6, 6.07) is 0.743. The fourth-order valence-electron chi connectivity index (χ4n) is 3.13. The van der Waals surface area contributed by atoms with Crippen LogP contribution in [0.3, 0.4) is 0 Å². The monoisotopic (exact) mass is 194 g/mol. The molecule has 0 aromatic heterocycles. The van der Waals surface area contributed by atoms with Gasteiger partial charge in [0.05, 0.1) is 0 Å². The molecular formula is C12H22N2. The molecule has 1 heterocycles. The maximum absolute atomic E-state index is 3.78. The van der Waals surface area contributed by atoms with E-state index in [1.807, 2.05) is 6.08 Å². The van der Waals surface area contributed by atoms with Crippen LogP contribution in [0.4, 0.5) is 0 Å². The quantitative estimate of drug-likeness (QED) is 0.682. The number of fused-ring (bicyclic) bond motifs is 1. The largest absolute Gasteiger partial charge is 0.312 e. The highest BCUT2D eigenvalue weighted by atomic mass is 15.1. The van der Waals surface area contributed by atoms with Crippen molar-refractivity contribution in [3.63, 3.8) is 0 Å². The van der Waals surface area contributed by atoms with E-state index in [-0.39, 0.29) is 0 Å². The minimum absolute atomic E-state index is 0.743. The van der Waals surface area contributed by atoms with Gasteiger partial charge in [-0.15, -0.1) is 6.58 Å². The van der Waals surface area contributed by atoms with Gasteiger partial charge in [0.25, 0.3) is 0 Å². The molecule has 0 aromatic carbocycles. The Hall–Kier alpha value is -0.340. The molecule has 0 spiro atoms. The first-order valence-electron chi connectivity index (χ1n) is 5.84. The van der Waals surface area contributed by atoms with Crippen LogP contribution in [-0.4, -0.2) is 37.6 Å². The van der Waals surface area contributed by atoms with Crippen LogP contribution in [0.1, 0.15) is 19.3 Å². The summed E-state index contributed by atoms with van der Waals surface area (Å²) in [5.74, 6) is 1.94. The van der Waals surface area contributed by atoms with E-state index in [9.17, 15) is 0 Å². The number of likely N-dealkylation sites (N-methyl/N-ethyl adjacent to an activating group) is 1. The third kappa shape index (κ3) is 2.01. The Morgan fingerprint density at radius 1 is 1.50 bits per heavy atom. The SMILES string of the molecule is C=CCN(C)CC1NCC2CCCC21. The molecule has 2 heteroatoms. The molecule has 80 valence electrons. The van der Waals surface area contributed by atoms with Gasteiger partial charge in [0.2, 0.25) is 0 Å². The number of rotatable bonds is 4. The first-order chi connectivity index (χ1) is 6.81. The van der Waals surface area contributed by atoms with Crippen molar-refractivity contribution in [3.8, 4) is 0 Å². The van der Waals surface area contributed by atoms with Crippen LogP contribution in [0.25, 0.3) is 0 Å². The van der Waals surface area contributed by atoms with E-state index in [4.69, 9.17) is 0 Å². The van der Waals surface area contributed by atoms with Gasteiger partial charge in [-0.05, 0) is 38.3 Å². The van der Waals surface area contributed by atoms with Gasteiger partial charge in [0.1, 0.15) is 0 Å². The highest BCUT2D eigenvalue weighted by Gasteiger charge is 2.38. The molecule has 1 saturated carbocycles. The van der Waals surface area contributed by atoms with Crippen LogP contribution in [0.5, 0.6) is 0 Å². The molecule has 1 saturated heterocycles. The highest BCUT2D eigenvalue weighted by molar-refractivity contribution is 4.95. The lowest BCUT2D eigenvalue weighted by Gasteiger charge is -2.24. The molecule has 0 bridgehead atoms. The number of nitrogens with zero attached hydrogens (tertiary/aromatic N) is 1. The van der Waals surface area contributed by atoms with Crippen molar-refractivity contribution in [2.24, 2.45) is 11.8 Å². The van der Waals surface area contributed by atoms with Crippen molar-refractivity contribution >= 4 is 0 Å². The van der Waals surface area contributed by atoms with Gasteiger partial charge in [0, 0.05) is 19.1 Å². The van der Waals surface area contributed by atoms with E-state index >= 15 is 0 Å². The predicted octanol–water partition coefficient (Wildman–Crippen LogP) is 1.49. The Kier molecular flexibility index (Phi) is 3.24. The van der Waals surface area contributed by atoms with E-state index in [0.29, 0.717) is 0 Å². The smallest absolute Gasteiger partial charge is 0.0226 e. The molecule has 3 unspecified atom stereocenters.